The zero-order chi connectivity index (χ0) is 46.9. The number of fused-ring (bicyclic) bond motifs is 7. The monoisotopic (exact) mass is 913 g/mol. The average molecular weight is 913 g/mol. The molecule has 10 N–H and O–H groups in total. The maximum Gasteiger partial charge on any atom is 0.335 e. The predicted octanol–water partition coefficient (Wildman–Crippen LogP) is 1.34. The molecule has 17 heteroatoms. The summed E-state index contributed by atoms with van der Waals surface area (Å²) in [6.07, 6.45) is -14.5. The van der Waals surface area contributed by atoms with E-state index in [0.717, 1.165) is 44.9 Å². The molecule has 0 aromatic carbocycles. The van der Waals surface area contributed by atoms with Crippen molar-refractivity contribution in [2.45, 2.75) is 211 Å². The van der Waals surface area contributed by atoms with E-state index in [1.165, 1.54) is 12.5 Å². The predicted molar refractivity (Wildman–Crippen MR) is 225 cm³/mol. The molecular weight excluding hydrogens is 837 g/mol. The second-order valence-electron chi connectivity index (χ2n) is 23.2. The van der Waals surface area contributed by atoms with Gasteiger partial charge < -0.3 is 79.5 Å². The molecule has 0 radical (unpaired) electrons. The molecule has 3 aliphatic heterocycles. The summed E-state index contributed by atoms with van der Waals surface area (Å²) in [5.41, 5.74) is 0.0929. The third-order valence-corrected chi connectivity index (χ3v) is 19.1. The molecule has 7 fully saturated rings. The second kappa shape index (κ2) is 16.9. The van der Waals surface area contributed by atoms with E-state index in [4.69, 9.17) is 28.4 Å². The van der Waals surface area contributed by atoms with Gasteiger partial charge in [0.1, 0.15) is 54.9 Å². The summed E-state index contributed by atoms with van der Waals surface area (Å²) < 4.78 is 36.1. The molecule has 64 heavy (non-hydrogen) atoms. The Kier molecular flexibility index (Phi) is 13.0. The number of allylic oxidation sites excluding steroid dienone is 2. The summed E-state index contributed by atoms with van der Waals surface area (Å²) in [5, 5.41) is 109. The summed E-state index contributed by atoms with van der Waals surface area (Å²) in [6, 6.07) is 0. The highest BCUT2D eigenvalue weighted by Crippen LogP contribution is 2.76. The quantitative estimate of drug-likeness (QED) is 0.122. The fourth-order valence-electron chi connectivity index (χ4n) is 14.8. The first-order valence-corrected chi connectivity index (χ1v) is 23.7. The largest absolute Gasteiger partial charge is 0.479 e. The van der Waals surface area contributed by atoms with Gasteiger partial charge in [-0.25, -0.2) is 4.79 Å². The van der Waals surface area contributed by atoms with Gasteiger partial charge in [-0.15, -0.1) is 0 Å². The van der Waals surface area contributed by atoms with Crippen molar-refractivity contribution in [3.8, 4) is 0 Å². The van der Waals surface area contributed by atoms with Crippen molar-refractivity contribution >= 4 is 5.97 Å². The Morgan fingerprint density at radius 3 is 2.05 bits per heavy atom. The van der Waals surface area contributed by atoms with Crippen LogP contribution in [0.25, 0.3) is 0 Å². The summed E-state index contributed by atoms with van der Waals surface area (Å²) in [7, 11) is 0. The van der Waals surface area contributed by atoms with Gasteiger partial charge in [-0.2, -0.15) is 0 Å². The molecule has 3 heterocycles. The van der Waals surface area contributed by atoms with Gasteiger partial charge in [-0.05, 0) is 104 Å². The maximum absolute atomic E-state index is 12.4. The second-order valence-corrected chi connectivity index (χ2v) is 23.2. The van der Waals surface area contributed by atoms with E-state index in [0.29, 0.717) is 18.8 Å². The SMILES string of the molecule is C[C@@H]1O[C@@H](O[C@H]2[C@H](O[C@H]3[C@H](O[C@H]4CC[C@@]5(C)[C@@H](CC[C@]6(C)[C@@H]5CC=C5[C@@H]7CC(C)(C)C[C@@H](O)[C@]7(C)CC[C@]56C)[C@@]4(C)CO)O[C@H](C(=O)O)[C@@H](O)[C@@H]3O)OC[C@@H](O)[C@H]2O)[C@H](O)[C@H](O)[C@H]1O. The molecule has 8 rings (SSSR count). The van der Waals surface area contributed by atoms with Crippen LogP contribution in [-0.4, -0.2) is 168 Å². The summed E-state index contributed by atoms with van der Waals surface area (Å²) >= 11 is 0. The van der Waals surface area contributed by atoms with Crippen molar-refractivity contribution in [3.63, 3.8) is 0 Å². The summed E-state index contributed by atoms with van der Waals surface area (Å²) in [4.78, 5) is 12.4. The van der Waals surface area contributed by atoms with Crippen LogP contribution >= 0.6 is 0 Å². The molecule has 5 aliphatic carbocycles. The summed E-state index contributed by atoms with van der Waals surface area (Å²) in [5.74, 6) is -1.05. The lowest BCUT2D eigenvalue weighted by Crippen LogP contribution is -2.68. The molecule has 24 atom stereocenters. The Morgan fingerprint density at radius 2 is 1.38 bits per heavy atom. The van der Waals surface area contributed by atoms with Crippen molar-refractivity contribution < 1.29 is 84.3 Å². The van der Waals surface area contributed by atoms with Gasteiger partial charge in [0.2, 0.25) is 0 Å². The molecule has 0 unspecified atom stereocenters. The third kappa shape index (κ3) is 7.49. The lowest BCUT2D eigenvalue weighted by Gasteiger charge is -2.72. The molecule has 4 saturated carbocycles. The van der Waals surface area contributed by atoms with Gasteiger partial charge in [-0.3, -0.25) is 0 Å². The zero-order valence-electron chi connectivity index (χ0n) is 38.7. The average Bonchev–Trinajstić information content (AvgIpc) is 3.22. The molecule has 3 saturated heterocycles. The number of carboxylic acid groups (broad SMARTS) is 1. The lowest BCUT2D eigenvalue weighted by molar-refractivity contribution is -0.387. The molecule has 366 valence electrons. The first-order chi connectivity index (χ1) is 29.8. The third-order valence-electron chi connectivity index (χ3n) is 19.1. The molecule has 17 nitrogen and oxygen atoms in total. The van der Waals surface area contributed by atoms with Crippen molar-refractivity contribution in [1.82, 2.24) is 0 Å². The van der Waals surface area contributed by atoms with E-state index in [9.17, 15) is 55.9 Å². The van der Waals surface area contributed by atoms with Gasteiger partial charge in [0.05, 0.1) is 31.5 Å². The number of aliphatic hydroxyl groups is 9. The number of aliphatic carboxylic acids is 1. The fraction of sp³-hybridized carbons (Fsp3) is 0.936. The molecule has 8 aliphatic rings. The number of rotatable bonds is 8. The van der Waals surface area contributed by atoms with Crippen LogP contribution in [0.5, 0.6) is 0 Å². The Labute approximate surface area is 376 Å². The van der Waals surface area contributed by atoms with Crippen LogP contribution in [0, 0.1) is 50.2 Å². The molecule has 0 bridgehead atoms. The fourth-order valence-corrected chi connectivity index (χ4v) is 14.8. The van der Waals surface area contributed by atoms with Crippen molar-refractivity contribution in [3.05, 3.63) is 11.6 Å². The van der Waals surface area contributed by atoms with Gasteiger partial charge >= 0.3 is 5.97 Å². The molecule has 0 amide bonds. The van der Waals surface area contributed by atoms with E-state index in [1.807, 2.05) is 6.92 Å². The van der Waals surface area contributed by atoms with Crippen LogP contribution in [-0.2, 0) is 33.2 Å². The van der Waals surface area contributed by atoms with Crippen LogP contribution < -0.4 is 0 Å². The van der Waals surface area contributed by atoms with E-state index in [-0.39, 0.29) is 51.6 Å². The Bertz CT molecular complexity index is 1760. The standard InChI is InChI=1S/C47H76O17/c1-21-29(51)31(53)34(56)39(60-21)63-36-30(52)24(49)19-59-40(36)64-37-33(55)32(54)35(38(57)58)62-41(37)61-28-12-13-44(5)25(45(28,6)20-48)11-14-47(8)26(44)10-9-22-23-17-42(2,3)18-27(50)43(23,4)15-16-46(22,47)7/h9,21,23-37,39-41,48-56H,10-20H2,1-8H3,(H,57,58)/t21-,23-,24+,25+,26+,27+,28-,29-,30+,31+,32-,33-,34+,35-,36+,37+,39-,40-,41+,43+,44-,45+,46+,47+/m0/s1. The number of aliphatic hydroxyl groups excluding tert-OH is 9. The first-order valence-electron chi connectivity index (χ1n) is 23.7. The number of carboxylic acids is 1. The van der Waals surface area contributed by atoms with Crippen molar-refractivity contribution in [2.24, 2.45) is 50.2 Å². The zero-order valence-corrected chi connectivity index (χ0v) is 38.7. The minimum absolute atomic E-state index is 0.0286. The van der Waals surface area contributed by atoms with E-state index >= 15 is 0 Å². The van der Waals surface area contributed by atoms with Crippen LogP contribution in [0.4, 0.5) is 0 Å². The van der Waals surface area contributed by atoms with Crippen LogP contribution in [0.1, 0.15) is 113 Å². The highest BCUT2D eigenvalue weighted by Gasteiger charge is 2.70. The van der Waals surface area contributed by atoms with Gasteiger partial charge in [0, 0.05) is 10.8 Å². The van der Waals surface area contributed by atoms with E-state index in [2.05, 4.69) is 47.6 Å². The van der Waals surface area contributed by atoms with Crippen LogP contribution in [0.2, 0.25) is 0 Å². The highest BCUT2D eigenvalue weighted by molar-refractivity contribution is 5.73. The van der Waals surface area contributed by atoms with Gasteiger partial charge in [0.25, 0.3) is 0 Å². The molecular formula is C47H76O17. The van der Waals surface area contributed by atoms with E-state index < -0.39 is 110 Å². The van der Waals surface area contributed by atoms with Gasteiger partial charge in [-0.1, -0.05) is 60.1 Å². The number of hydrogen-bond acceptors (Lipinski definition) is 16. The number of ether oxygens (including phenoxy) is 6. The smallest absolute Gasteiger partial charge is 0.335 e. The van der Waals surface area contributed by atoms with Gasteiger partial charge in [0.15, 0.2) is 25.0 Å². The van der Waals surface area contributed by atoms with Crippen molar-refractivity contribution in [1.29, 1.82) is 0 Å². The Hall–Kier alpha value is -1.39. The molecule has 0 spiro atoms. The van der Waals surface area contributed by atoms with Crippen LogP contribution in [0.15, 0.2) is 11.6 Å². The molecule has 0 aromatic heterocycles. The lowest BCUT2D eigenvalue weighted by atomic mass is 9.33. The number of carbonyl (C=O) groups is 1. The van der Waals surface area contributed by atoms with Crippen LogP contribution in [0.3, 0.4) is 0 Å². The first kappa shape index (κ1) is 49.0. The normalized spacial score (nSPS) is 56.1. The number of hydrogen-bond donors (Lipinski definition) is 10. The summed E-state index contributed by atoms with van der Waals surface area (Å²) in [6.45, 7) is 16.8. The van der Waals surface area contributed by atoms with Crippen molar-refractivity contribution in [2.75, 3.05) is 13.2 Å². The highest BCUT2D eigenvalue weighted by atomic mass is 16.8. The topological polar surface area (TPSA) is 275 Å². The minimum atomic E-state index is -2.01. The minimum Gasteiger partial charge on any atom is -0.479 e. The van der Waals surface area contributed by atoms with E-state index in [1.54, 1.807) is 0 Å². The maximum atomic E-state index is 12.4. The Balaban J connectivity index is 1.06. The molecule has 0 aromatic rings. The Morgan fingerprint density at radius 1 is 0.703 bits per heavy atom.